The maximum absolute atomic E-state index is 13.4. The normalized spacial score (nSPS) is 16.9. The molecule has 1 aromatic heterocycles. The molecule has 2 aromatic rings. The third-order valence-electron chi connectivity index (χ3n) is 7.28. The summed E-state index contributed by atoms with van der Waals surface area (Å²) in [4.78, 5) is 67.8. The number of carbonyl (C=O) groups is 5. The first-order valence-electron chi connectivity index (χ1n) is 14.9. The highest BCUT2D eigenvalue weighted by Crippen LogP contribution is 2.19. The Hall–Kier alpha value is -4.32. The van der Waals surface area contributed by atoms with Crippen LogP contribution >= 0.6 is 11.3 Å². The lowest BCUT2D eigenvalue weighted by Gasteiger charge is -2.33. The van der Waals surface area contributed by atoms with Crippen LogP contribution in [0.15, 0.2) is 28.6 Å². The summed E-state index contributed by atoms with van der Waals surface area (Å²) in [5, 5.41) is 54.9. The van der Waals surface area contributed by atoms with E-state index in [1.54, 1.807) is 31.7 Å². The Kier molecular flexibility index (Phi) is 14.7. The second kappa shape index (κ2) is 18.4. The number of sulfonamides is 1. The van der Waals surface area contributed by atoms with Gasteiger partial charge >= 0.3 is 17.9 Å². The summed E-state index contributed by atoms with van der Waals surface area (Å²) >= 11 is 0.518. The lowest BCUT2D eigenvalue weighted by atomic mass is 10.0. The number of phenolic OH excluding ortho intramolecular Hbond substituents is 1. The molecule has 0 spiro atoms. The van der Waals surface area contributed by atoms with Gasteiger partial charge in [-0.05, 0) is 17.7 Å². The number of rotatable bonds is 14. The quantitative estimate of drug-likeness (QED) is 0.0956. The summed E-state index contributed by atoms with van der Waals surface area (Å²) in [6, 6.07) is 4.69. The topological polar surface area (TPSA) is 289 Å². The zero-order chi connectivity index (χ0) is 36.1. The number of benzene rings is 1. The van der Waals surface area contributed by atoms with E-state index in [0.717, 1.165) is 0 Å². The molecule has 1 fully saturated rings. The molecule has 1 aliphatic rings. The molecule has 1 aliphatic heterocycles. The number of aliphatic carboxylic acids is 3. The Balaban J connectivity index is 1.78. The number of carboxylic acids is 3. The molecule has 2 amide bonds. The Labute approximate surface area is 285 Å². The van der Waals surface area contributed by atoms with Crippen LogP contribution in [0.25, 0.3) is 0 Å². The van der Waals surface area contributed by atoms with Crippen molar-refractivity contribution in [3.05, 3.63) is 29.8 Å². The van der Waals surface area contributed by atoms with Crippen LogP contribution in [0.3, 0.4) is 0 Å². The molecule has 49 heavy (non-hydrogen) atoms. The van der Waals surface area contributed by atoms with Gasteiger partial charge in [-0.3, -0.25) is 48.9 Å². The number of aromatic nitrogens is 2. The fourth-order valence-corrected chi connectivity index (χ4v) is 6.21. The molecule has 0 radical (unpaired) electrons. The first-order chi connectivity index (χ1) is 23.1. The Morgan fingerprint density at radius 3 is 1.57 bits per heavy atom. The van der Waals surface area contributed by atoms with Crippen molar-refractivity contribution in [2.24, 2.45) is 5.14 Å². The Bertz CT molecular complexity index is 1540. The van der Waals surface area contributed by atoms with Gasteiger partial charge in [-0.15, -0.1) is 10.2 Å². The van der Waals surface area contributed by atoms with Crippen LogP contribution in [0.1, 0.15) is 5.56 Å². The largest absolute Gasteiger partial charge is 0.508 e. The number of nitrogens with zero attached hydrogens (tertiary/aromatic N) is 6. The smallest absolute Gasteiger partial charge is 0.317 e. The second-order valence-electron chi connectivity index (χ2n) is 11.2. The van der Waals surface area contributed by atoms with Gasteiger partial charge in [0.05, 0.1) is 26.2 Å². The first-order valence-corrected chi connectivity index (χ1v) is 17.2. The van der Waals surface area contributed by atoms with Crippen LogP contribution < -0.4 is 15.8 Å². The van der Waals surface area contributed by atoms with E-state index in [9.17, 15) is 52.8 Å². The van der Waals surface area contributed by atoms with E-state index < -0.39 is 50.1 Å². The molecule has 3 rings (SSSR count). The third-order valence-corrected chi connectivity index (χ3v) is 9.43. The fraction of sp³-hybridized carbons (Fsp3) is 0.519. The van der Waals surface area contributed by atoms with Crippen LogP contribution in [-0.2, 0) is 40.4 Å². The minimum atomic E-state index is -4.17. The number of hydrogen-bond donors (Lipinski definition) is 7. The van der Waals surface area contributed by atoms with Gasteiger partial charge in [-0.2, -0.15) is 0 Å². The highest BCUT2D eigenvalue weighted by atomic mass is 32.2. The number of aromatic hydroxyl groups is 1. The number of anilines is 1. The van der Waals surface area contributed by atoms with Gasteiger partial charge in [-0.1, -0.05) is 23.5 Å². The van der Waals surface area contributed by atoms with Crippen molar-refractivity contribution in [2.75, 3.05) is 83.9 Å². The van der Waals surface area contributed by atoms with E-state index in [1.807, 2.05) is 0 Å². The van der Waals surface area contributed by atoms with E-state index in [0.29, 0.717) is 16.9 Å². The van der Waals surface area contributed by atoms with E-state index in [4.69, 9.17) is 5.14 Å². The van der Waals surface area contributed by atoms with Crippen LogP contribution in [0.5, 0.6) is 5.75 Å². The highest BCUT2D eigenvalue weighted by Gasteiger charge is 2.26. The third kappa shape index (κ3) is 14.4. The molecule has 1 atom stereocenters. The van der Waals surface area contributed by atoms with Crippen molar-refractivity contribution in [1.82, 2.24) is 35.1 Å². The number of nitrogens with two attached hydrogens (primary N) is 1. The van der Waals surface area contributed by atoms with E-state index in [-0.39, 0.29) is 95.8 Å². The van der Waals surface area contributed by atoms with Crippen LogP contribution in [-0.4, -0.2) is 173 Å². The lowest BCUT2D eigenvalue weighted by molar-refractivity contribution is -0.140. The minimum Gasteiger partial charge on any atom is -0.508 e. The Morgan fingerprint density at radius 2 is 1.18 bits per heavy atom. The van der Waals surface area contributed by atoms with Crippen LogP contribution in [0.2, 0.25) is 0 Å². The molecule has 1 unspecified atom stereocenters. The van der Waals surface area contributed by atoms with Crippen molar-refractivity contribution in [1.29, 1.82) is 0 Å². The van der Waals surface area contributed by atoms with Crippen LogP contribution in [0, 0.1) is 0 Å². The van der Waals surface area contributed by atoms with Gasteiger partial charge in [0.15, 0.2) is 0 Å². The Morgan fingerprint density at radius 1 is 0.755 bits per heavy atom. The predicted octanol–water partition coefficient (Wildman–Crippen LogP) is -2.97. The van der Waals surface area contributed by atoms with Crippen LogP contribution in [0.4, 0.5) is 5.13 Å². The number of carbonyl (C=O) groups excluding carboxylic acids is 2. The van der Waals surface area contributed by atoms with Gasteiger partial charge in [-0.25, -0.2) is 13.6 Å². The maximum atomic E-state index is 13.4. The number of phenols is 1. The van der Waals surface area contributed by atoms with Crippen molar-refractivity contribution in [3.8, 4) is 5.75 Å². The molecular weight excluding hydrogens is 690 g/mol. The first kappa shape index (κ1) is 39.1. The van der Waals surface area contributed by atoms with Crippen molar-refractivity contribution in [3.63, 3.8) is 0 Å². The molecule has 1 aromatic carbocycles. The molecule has 8 N–H and O–H groups in total. The molecule has 20 nitrogen and oxygen atoms in total. The SMILES string of the molecule is NS(=O)(=O)c1nnc(NC(=O)C(Cc2ccc(O)cc2)NC(=O)CN2CCN(CC(=O)O)CCN(CC(=O)O)CCN(CC(=O)O)CC2)s1. The summed E-state index contributed by atoms with van der Waals surface area (Å²) in [5.74, 6) is -4.63. The monoisotopic (exact) mass is 729 g/mol. The molecule has 0 saturated carbocycles. The zero-order valence-electron chi connectivity index (χ0n) is 26.3. The standard InChI is InChI=1S/C27H39N9O11S2/c28-49(46,47)27-32-31-26(48-27)30-25(45)20(13-18-1-3-19(37)4-2-18)29-21(38)14-33-5-7-34(15-22(39)40)9-11-36(17-24(43)44)12-10-35(8-6-33)16-23(41)42/h1-4,20,37H,5-17H2,(H,29,38)(H,39,40)(H,41,42)(H,43,44)(H2,28,46,47)(H,30,31,45). The molecular formula is C27H39N9O11S2. The average molecular weight is 730 g/mol. The molecule has 1 saturated heterocycles. The minimum absolute atomic E-state index is 0.0167. The molecule has 0 aliphatic carbocycles. The highest BCUT2D eigenvalue weighted by molar-refractivity contribution is 7.91. The van der Waals surface area contributed by atoms with Gasteiger partial charge in [0.25, 0.3) is 10.0 Å². The van der Waals surface area contributed by atoms with E-state index in [2.05, 4.69) is 20.8 Å². The summed E-state index contributed by atoms with van der Waals surface area (Å²) in [6.07, 6.45) is -0.0374. The lowest BCUT2D eigenvalue weighted by Crippen LogP contribution is -2.52. The maximum Gasteiger partial charge on any atom is 0.317 e. The second-order valence-corrected chi connectivity index (χ2v) is 13.9. The average Bonchev–Trinajstić information content (AvgIpc) is 3.48. The molecule has 22 heteroatoms. The van der Waals surface area contributed by atoms with Gasteiger partial charge in [0.1, 0.15) is 11.8 Å². The number of primary sulfonamides is 1. The number of amides is 2. The molecule has 2 heterocycles. The summed E-state index contributed by atoms with van der Waals surface area (Å²) in [7, 11) is -4.17. The van der Waals surface area contributed by atoms with Crippen molar-refractivity contribution >= 4 is 56.2 Å². The number of hydrogen-bond acceptors (Lipinski definition) is 15. The predicted molar refractivity (Wildman–Crippen MR) is 172 cm³/mol. The van der Waals surface area contributed by atoms with Crippen molar-refractivity contribution in [2.45, 2.75) is 16.8 Å². The molecule has 0 bridgehead atoms. The number of nitrogens with one attached hydrogen (secondary N) is 2. The zero-order valence-corrected chi connectivity index (χ0v) is 27.9. The van der Waals surface area contributed by atoms with Gasteiger partial charge in [0, 0.05) is 58.8 Å². The fourth-order valence-electron chi connectivity index (χ4n) is 4.87. The van der Waals surface area contributed by atoms with E-state index in [1.165, 1.54) is 12.1 Å². The number of carboxylic acid groups (broad SMARTS) is 3. The summed E-state index contributed by atoms with van der Waals surface area (Å²) in [5.41, 5.74) is 0.567. The molecule has 270 valence electrons. The summed E-state index contributed by atoms with van der Waals surface area (Å²) in [6.45, 7) is 0.302. The van der Waals surface area contributed by atoms with Crippen molar-refractivity contribution < 1.29 is 52.8 Å². The summed E-state index contributed by atoms with van der Waals surface area (Å²) < 4.78 is 22.7. The van der Waals surface area contributed by atoms with E-state index >= 15 is 0 Å². The van der Waals surface area contributed by atoms with Gasteiger partial charge in [0.2, 0.25) is 21.3 Å². The van der Waals surface area contributed by atoms with Gasteiger partial charge < -0.3 is 25.7 Å².